The summed E-state index contributed by atoms with van der Waals surface area (Å²) in [7, 11) is 0. The summed E-state index contributed by atoms with van der Waals surface area (Å²) in [5.74, 6) is 0.510. The number of ether oxygens (including phenoxy) is 1. The molecule has 0 radical (unpaired) electrons. The lowest BCUT2D eigenvalue weighted by atomic mass is 9.98. The molecule has 1 N–H and O–H groups in total. The quantitative estimate of drug-likeness (QED) is 0.526. The third-order valence-electron chi connectivity index (χ3n) is 4.21. The minimum atomic E-state index is -0.418. The van der Waals surface area contributed by atoms with Gasteiger partial charge in [-0.05, 0) is 42.5 Å². The summed E-state index contributed by atoms with van der Waals surface area (Å²) in [6.45, 7) is 8.71. The van der Waals surface area contributed by atoms with Gasteiger partial charge in [0.2, 0.25) is 0 Å². The second kappa shape index (κ2) is 9.59. The Morgan fingerprint density at radius 2 is 1.96 bits per heavy atom. The Morgan fingerprint density at radius 1 is 1.22 bits per heavy atom. The van der Waals surface area contributed by atoms with Crippen molar-refractivity contribution in [1.82, 2.24) is 0 Å². The van der Waals surface area contributed by atoms with E-state index in [1.54, 1.807) is 6.08 Å². The standard InChI is InChI=1S/C23H26N2O2/c1-5-13-27-21-12-7-6-10-18(21)14-19(15-24)23(26)25-22-17(4)9-8-11-20(22)16(2)3/h6-12,14,16H,5,13H2,1-4H3,(H,25,26)/b19-14+. The first-order chi connectivity index (χ1) is 13.0. The molecule has 140 valence electrons. The molecule has 27 heavy (non-hydrogen) atoms. The lowest BCUT2D eigenvalue weighted by Crippen LogP contribution is -2.16. The van der Waals surface area contributed by atoms with E-state index in [-0.39, 0.29) is 11.5 Å². The Labute approximate surface area is 161 Å². The van der Waals surface area contributed by atoms with E-state index in [0.29, 0.717) is 17.9 Å². The average Bonchev–Trinajstić information content (AvgIpc) is 2.66. The topological polar surface area (TPSA) is 62.1 Å². The van der Waals surface area contributed by atoms with Gasteiger partial charge < -0.3 is 10.1 Å². The molecule has 0 spiro atoms. The Kier molecular flexibility index (Phi) is 7.19. The third-order valence-corrected chi connectivity index (χ3v) is 4.21. The van der Waals surface area contributed by atoms with Crippen LogP contribution in [0.5, 0.6) is 5.75 Å². The second-order valence-corrected chi connectivity index (χ2v) is 6.70. The molecule has 4 nitrogen and oxygen atoms in total. The predicted molar refractivity (Wildman–Crippen MR) is 110 cm³/mol. The molecule has 0 aliphatic carbocycles. The number of benzene rings is 2. The maximum Gasteiger partial charge on any atom is 0.266 e. The van der Waals surface area contributed by atoms with Crippen molar-refractivity contribution in [1.29, 1.82) is 5.26 Å². The molecule has 2 rings (SSSR count). The van der Waals surface area contributed by atoms with Gasteiger partial charge in [-0.1, -0.05) is 57.2 Å². The maximum absolute atomic E-state index is 12.8. The van der Waals surface area contributed by atoms with E-state index in [0.717, 1.165) is 23.2 Å². The van der Waals surface area contributed by atoms with Crippen LogP contribution in [0.3, 0.4) is 0 Å². The molecular formula is C23H26N2O2. The van der Waals surface area contributed by atoms with Crippen LogP contribution in [0.4, 0.5) is 5.69 Å². The Balaban J connectivity index is 2.33. The number of amides is 1. The van der Waals surface area contributed by atoms with Crippen molar-refractivity contribution in [3.63, 3.8) is 0 Å². The van der Waals surface area contributed by atoms with Gasteiger partial charge in [0.25, 0.3) is 5.91 Å². The van der Waals surface area contributed by atoms with E-state index >= 15 is 0 Å². The zero-order valence-electron chi connectivity index (χ0n) is 16.4. The lowest BCUT2D eigenvalue weighted by molar-refractivity contribution is -0.112. The highest BCUT2D eigenvalue weighted by atomic mass is 16.5. The number of carbonyl (C=O) groups excluding carboxylic acids is 1. The predicted octanol–water partition coefficient (Wildman–Crippen LogP) is 5.45. The van der Waals surface area contributed by atoms with Crippen molar-refractivity contribution in [2.45, 2.75) is 40.0 Å². The van der Waals surface area contributed by atoms with Crippen molar-refractivity contribution in [3.05, 3.63) is 64.7 Å². The van der Waals surface area contributed by atoms with Gasteiger partial charge in [0.1, 0.15) is 17.4 Å². The third kappa shape index (κ3) is 5.21. The molecule has 0 unspecified atom stereocenters. The molecule has 0 fully saturated rings. The van der Waals surface area contributed by atoms with Gasteiger partial charge in [0.15, 0.2) is 0 Å². The van der Waals surface area contributed by atoms with E-state index in [1.165, 1.54) is 0 Å². The Hall–Kier alpha value is -3.06. The van der Waals surface area contributed by atoms with Crippen LogP contribution in [-0.2, 0) is 4.79 Å². The number of nitrogens with zero attached hydrogens (tertiary/aromatic N) is 1. The lowest BCUT2D eigenvalue weighted by Gasteiger charge is -2.16. The SMILES string of the molecule is CCCOc1ccccc1/C=C(\C#N)C(=O)Nc1c(C)cccc1C(C)C. The van der Waals surface area contributed by atoms with Crippen LogP contribution in [0.15, 0.2) is 48.0 Å². The summed E-state index contributed by atoms with van der Waals surface area (Å²) in [4.78, 5) is 12.8. The summed E-state index contributed by atoms with van der Waals surface area (Å²) in [6, 6.07) is 15.3. The second-order valence-electron chi connectivity index (χ2n) is 6.70. The summed E-state index contributed by atoms with van der Waals surface area (Å²) in [5.41, 5.74) is 3.55. The fraction of sp³-hybridized carbons (Fsp3) is 0.304. The van der Waals surface area contributed by atoms with Crippen LogP contribution < -0.4 is 10.1 Å². The minimum Gasteiger partial charge on any atom is -0.493 e. The van der Waals surface area contributed by atoms with Crippen LogP contribution in [0.2, 0.25) is 0 Å². The van der Waals surface area contributed by atoms with Crippen LogP contribution >= 0.6 is 0 Å². The van der Waals surface area contributed by atoms with Crippen molar-refractivity contribution < 1.29 is 9.53 Å². The molecule has 0 aromatic heterocycles. The summed E-state index contributed by atoms with van der Waals surface area (Å²) in [5, 5.41) is 12.5. The number of anilines is 1. The van der Waals surface area contributed by atoms with Gasteiger partial charge in [-0.25, -0.2) is 0 Å². The molecule has 4 heteroatoms. The Morgan fingerprint density at radius 3 is 2.63 bits per heavy atom. The molecule has 2 aromatic carbocycles. The van der Waals surface area contributed by atoms with Gasteiger partial charge in [0.05, 0.1) is 6.61 Å². The minimum absolute atomic E-state index is 0.0421. The maximum atomic E-state index is 12.8. The van der Waals surface area contributed by atoms with Crippen LogP contribution in [0.25, 0.3) is 6.08 Å². The number of carbonyl (C=O) groups is 1. The van der Waals surface area contributed by atoms with Gasteiger partial charge in [-0.3, -0.25) is 4.79 Å². The smallest absolute Gasteiger partial charge is 0.266 e. The number of hydrogen-bond acceptors (Lipinski definition) is 3. The first-order valence-electron chi connectivity index (χ1n) is 9.22. The number of nitriles is 1. The van der Waals surface area contributed by atoms with Crippen molar-refractivity contribution in [2.75, 3.05) is 11.9 Å². The highest BCUT2D eigenvalue weighted by Gasteiger charge is 2.16. The molecule has 0 bridgehead atoms. The normalized spacial score (nSPS) is 11.2. The van der Waals surface area contributed by atoms with E-state index in [2.05, 4.69) is 19.2 Å². The van der Waals surface area contributed by atoms with Crippen LogP contribution in [-0.4, -0.2) is 12.5 Å². The molecule has 0 heterocycles. The number of rotatable bonds is 7. The van der Waals surface area contributed by atoms with Crippen LogP contribution in [0, 0.1) is 18.3 Å². The molecule has 0 aliphatic rings. The number of para-hydroxylation sites is 2. The van der Waals surface area contributed by atoms with Gasteiger partial charge in [-0.2, -0.15) is 5.26 Å². The summed E-state index contributed by atoms with van der Waals surface area (Å²) >= 11 is 0. The molecule has 0 saturated carbocycles. The van der Waals surface area contributed by atoms with Crippen molar-refractivity contribution in [3.8, 4) is 11.8 Å². The molecule has 0 atom stereocenters. The first kappa shape index (κ1) is 20.3. The van der Waals surface area contributed by atoms with Crippen LogP contribution in [0.1, 0.15) is 49.8 Å². The Bertz CT molecular complexity index is 876. The molecule has 0 saturated heterocycles. The number of aryl methyl sites for hydroxylation is 1. The van der Waals surface area contributed by atoms with Gasteiger partial charge in [0, 0.05) is 11.3 Å². The first-order valence-corrected chi connectivity index (χ1v) is 9.22. The highest BCUT2D eigenvalue weighted by Crippen LogP contribution is 2.28. The average molecular weight is 362 g/mol. The highest BCUT2D eigenvalue weighted by molar-refractivity contribution is 6.10. The van der Waals surface area contributed by atoms with E-state index in [1.807, 2.05) is 62.4 Å². The molecule has 0 aliphatic heterocycles. The fourth-order valence-corrected chi connectivity index (χ4v) is 2.77. The molecular weight excluding hydrogens is 336 g/mol. The monoisotopic (exact) mass is 362 g/mol. The van der Waals surface area contributed by atoms with E-state index < -0.39 is 5.91 Å². The fourth-order valence-electron chi connectivity index (χ4n) is 2.77. The van der Waals surface area contributed by atoms with Crippen molar-refractivity contribution in [2.24, 2.45) is 0 Å². The summed E-state index contributed by atoms with van der Waals surface area (Å²) < 4.78 is 5.71. The number of nitrogens with one attached hydrogen (secondary N) is 1. The van der Waals surface area contributed by atoms with Gasteiger partial charge >= 0.3 is 0 Å². The van der Waals surface area contributed by atoms with Gasteiger partial charge in [-0.15, -0.1) is 0 Å². The van der Waals surface area contributed by atoms with Crippen molar-refractivity contribution >= 4 is 17.7 Å². The largest absolute Gasteiger partial charge is 0.493 e. The zero-order valence-corrected chi connectivity index (χ0v) is 16.4. The van der Waals surface area contributed by atoms with E-state index in [9.17, 15) is 10.1 Å². The molecule has 1 amide bonds. The number of hydrogen-bond donors (Lipinski definition) is 1. The molecule has 2 aromatic rings. The zero-order chi connectivity index (χ0) is 19.8. The summed E-state index contributed by atoms with van der Waals surface area (Å²) in [6.07, 6.45) is 2.46. The van der Waals surface area contributed by atoms with E-state index in [4.69, 9.17) is 4.74 Å².